The van der Waals surface area contributed by atoms with E-state index in [4.69, 9.17) is 9.47 Å². The van der Waals surface area contributed by atoms with Crippen molar-refractivity contribution in [2.24, 2.45) is 0 Å². The zero-order valence-corrected chi connectivity index (χ0v) is 14.4. The van der Waals surface area contributed by atoms with Crippen molar-refractivity contribution < 1.29 is 14.3 Å². The average molecular weight is 319 g/mol. The molecule has 1 aliphatic rings. The van der Waals surface area contributed by atoms with E-state index < -0.39 is 0 Å². The largest absolute Gasteiger partial charge is 0.494 e. The summed E-state index contributed by atoms with van der Waals surface area (Å²) < 4.78 is 10.9. The minimum atomic E-state index is -0.251. The zero-order chi connectivity index (χ0) is 16.5. The third-order valence-corrected chi connectivity index (χ3v) is 4.33. The maximum atomic E-state index is 12.0. The van der Waals surface area contributed by atoms with Crippen LogP contribution >= 0.6 is 0 Å². The fourth-order valence-corrected chi connectivity index (χ4v) is 2.91. The highest BCUT2D eigenvalue weighted by Gasteiger charge is 2.17. The Kier molecular flexibility index (Phi) is 7.40. The number of nitrogens with zero attached hydrogens (tertiary/aromatic N) is 1. The van der Waals surface area contributed by atoms with Crippen molar-refractivity contribution in [3.8, 4) is 5.75 Å². The van der Waals surface area contributed by atoms with E-state index in [1.54, 1.807) is 12.1 Å². The second kappa shape index (κ2) is 9.56. The first-order valence-corrected chi connectivity index (χ1v) is 8.84. The van der Waals surface area contributed by atoms with Gasteiger partial charge in [0.2, 0.25) is 0 Å². The molecule has 0 aliphatic carbocycles. The van der Waals surface area contributed by atoms with Crippen LogP contribution in [0.5, 0.6) is 5.75 Å². The number of rotatable bonds is 8. The number of esters is 1. The Labute approximate surface area is 139 Å². The first-order valence-electron chi connectivity index (χ1n) is 8.84. The highest BCUT2D eigenvalue weighted by atomic mass is 16.5. The Hall–Kier alpha value is -1.55. The molecule has 0 N–H and O–H groups in total. The Morgan fingerprint density at radius 3 is 2.70 bits per heavy atom. The average Bonchev–Trinajstić information content (AvgIpc) is 2.58. The van der Waals surface area contributed by atoms with Crippen LogP contribution in [0.4, 0.5) is 0 Å². The van der Waals surface area contributed by atoms with E-state index in [-0.39, 0.29) is 5.97 Å². The van der Waals surface area contributed by atoms with E-state index in [1.807, 2.05) is 12.1 Å². The SMILES string of the molecule is CCCOc1ccc(C(=O)OCCCN2CCCC[C@@H]2C)cc1. The van der Waals surface area contributed by atoms with Crippen LogP contribution in [-0.2, 0) is 4.74 Å². The molecule has 0 saturated carbocycles. The molecule has 1 saturated heterocycles. The maximum absolute atomic E-state index is 12.0. The van der Waals surface area contributed by atoms with Crippen molar-refractivity contribution >= 4 is 5.97 Å². The molecule has 1 aromatic carbocycles. The van der Waals surface area contributed by atoms with Crippen LogP contribution in [0.1, 0.15) is 56.3 Å². The molecule has 1 atom stereocenters. The standard InChI is InChI=1S/C19H29NO3/c1-3-14-22-18-10-8-17(9-11-18)19(21)23-15-6-13-20-12-5-4-7-16(20)2/h8-11,16H,3-7,12-15H2,1-2H3/t16-/m0/s1. The van der Waals surface area contributed by atoms with Crippen molar-refractivity contribution in [3.05, 3.63) is 29.8 Å². The van der Waals surface area contributed by atoms with Crippen molar-refractivity contribution in [2.45, 2.75) is 52.0 Å². The van der Waals surface area contributed by atoms with Gasteiger partial charge in [0.1, 0.15) is 5.75 Å². The third kappa shape index (κ3) is 5.87. The minimum Gasteiger partial charge on any atom is -0.494 e. The lowest BCUT2D eigenvalue weighted by Crippen LogP contribution is -2.38. The van der Waals surface area contributed by atoms with Gasteiger partial charge in [0.05, 0.1) is 18.8 Å². The van der Waals surface area contributed by atoms with Crippen LogP contribution in [0.2, 0.25) is 0 Å². The molecular weight excluding hydrogens is 290 g/mol. The summed E-state index contributed by atoms with van der Waals surface area (Å²) in [6.07, 6.45) is 5.78. The van der Waals surface area contributed by atoms with Gasteiger partial charge in [-0.3, -0.25) is 0 Å². The van der Waals surface area contributed by atoms with E-state index in [0.717, 1.165) is 25.1 Å². The Bertz CT molecular complexity index is 472. The Morgan fingerprint density at radius 2 is 2.00 bits per heavy atom. The number of piperidine rings is 1. The second-order valence-electron chi connectivity index (χ2n) is 6.24. The molecule has 4 heteroatoms. The summed E-state index contributed by atoms with van der Waals surface area (Å²) in [6.45, 7) is 7.71. The number of likely N-dealkylation sites (tertiary alicyclic amines) is 1. The van der Waals surface area contributed by atoms with Gasteiger partial charge in [-0.2, -0.15) is 0 Å². The molecule has 0 bridgehead atoms. The molecular formula is C19H29NO3. The predicted octanol–water partition coefficient (Wildman–Crippen LogP) is 3.90. The monoisotopic (exact) mass is 319 g/mol. The first-order chi connectivity index (χ1) is 11.2. The lowest BCUT2D eigenvalue weighted by molar-refractivity contribution is 0.0475. The molecule has 2 rings (SSSR count). The number of ether oxygens (including phenoxy) is 2. The summed E-state index contributed by atoms with van der Waals surface area (Å²) in [6, 6.07) is 7.83. The Morgan fingerprint density at radius 1 is 1.22 bits per heavy atom. The van der Waals surface area contributed by atoms with Crippen molar-refractivity contribution in [1.29, 1.82) is 0 Å². The summed E-state index contributed by atoms with van der Waals surface area (Å²) in [5, 5.41) is 0. The molecule has 128 valence electrons. The lowest BCUT2D eigenvalue weighted by atomic mass is 10.0. The fourth-order valence-electron chi connectivity index (χ4n) is 2.91. The lowest BCUT2D eigenvalue weighted by Gasteiger charge is -2.33. The van der Waals surface area contributed by atoms with Crippen LogP contribution < -0.4 is 4.74 Å². The van der Waals surface area contributed by atoms with Crippen molar-refractivity contribution in [3.63, 3.8) is 0 Å². The van der Waals surface area contributed by atoms with Crippen LogP contribution in [-0.4, -0.2) is 43.2 Å². The van der Waals surface area contributed by atoms with Gasteiger partial charge in [0, 0.05) is 12.6 Å². The summed E-state index contributed by atoms with van der Waals surface area (Å²) in [4.78, 5) is 14.5. The molecule has 1 aromatic rings. The van der Waals surface area contributed by atoms with Gasteiger partial charge >= 0.3 is 5.97 Å². The molecule has 0 radical (unpaired) electrons. The summed E-state index contributed by atoms with van der Waals surface area (Å²) in [5.41, 5.74) is 0.584. The van der Waals surface area contributed by atoms with E-state index in [9.17, 15) is 4.79 Å². The highest BCUT2D eigenvalue weighted by molar-refractivity contribution is 5.89. The van der Waals surface area contributed by atoms with E-state index in [1.165, 1.54) is 25.8 Å². The summed E-state index contributed by atoms with van der Waals surface area (Å²) >= 11 is 0. The number of carbonyl (C=O) groups is 1. The molecule has 0 spiro atoms. The normalized spacial score (nSPS) is 18.6. The van der Waals surface area contributed by atoms with E-state index >= 15 is 0 Å². The smallest absolute Gasteiger partial charge is 0.338 e. The van der Waals surface area contributed by atoms with Gasteiger partial charge in [-0.25, -0.2) is 4.79 Å². The van der Waals surface area contributed by atoms with Crippen LogP contribution in [0.3, 0.4) is 0 Å². The number of carbonyl (C=O) groups excluding carboxylic acids is 1. The minimum absolute atomic E-state index is 0.251. The van der Waals surface area contributed by atoms with Crippen molar-refractivity contribution in [2.75, 3.05) is 26.3 Å². The van der Waals surface area contributed by atoms with Gasteiger partial charge in [0.25, 0.3) is 0 Å². The van der Waals surface area contributed by atoms with Crippen LogP contribution in [0, 0.1) is 0 Å². The van der Waals surface area contributed by atoms with Gasteiger partial charge in [-0.1, -0.05) is 13.3 Å². The number of hydrogen-bond acceptors (Lipinski definition) is 4. The molecule has 0 unspecified atom stereocenters. The highest BCUT2D eigenvalue weighted by Crippen LogP contribution is 2.16. The van der Waals surface area contributed by atoms with Gasteiger partial charge < -0.3 is 14.4 Å². The van der Waals surface area contributed by atoms with E-state index in [2.05, 4.69) is 18.7 Å². The van der Waals surface area contributed by atoms with Crippen LogP contribution in [0.15, 0.2) is 24.3 Å². The summed E-state index contributed by atoms with van der Waals surface area (Å²) in [5.74, 6) is 0.543. The fraction of sp³-hybridized carbons (Fsp3) is 0.632. The molecule has 0 amide bonds. The number of hydrogen-bond donors (Lipinski definition) is 0. The molecule has 1 aliphatic heterocycles. The Balaban J connectivity index is 1.68. The molecule has 1 heterocycles. The zero-order valence-electron chi connectivity index (χ0n) is 14.4. The molecule has 23 heavy (non-hydrogen) atoms. The number of benzene rings is 1. The molecule has 1 fully saturated rings. The predicted molar refractivity (Wildman–Crippen MR) is 92.0 cm³/mol. The topological polar surface area (TPSA) is 38.8 Å². The van der Waals surface area contributed by atoms with Gasteiger partial charge in [0.15, 0.2) is 0 Å². The van der Waals surface area contributed by atoms with Crippen LogP contribution in [0.25, 0.3) is 0 Å². The quantitative estimate of drug-likeness (QED) is 0.538. The van der Waals surface area contributed by atoms with Crippen molar-refractivity contribution in [1.82, 2.24) is 4.90 Å². The van der Waals surface area contributed by atoms with Gasteiger partial charge in [-0.15, -0.1) is 0 Å². The first kappa shape index (κ1) is 17.8. The molecule has 4 nitrogen and oxygen atoms in total. The molecule has 0 aromatic heterocycles. The summed E-state index contributed by atoms with van der Waals surface area (Å²) in [7, 11) is 0. The maximum Gasteiger partial charge on any atom is 0.338 e. The second-order valence-corrected chi connectivity index (χ2v) is 6.24. The van der Waals surface area contributed by atoms with E-state index in [0.29, 0.717) is 24.8 Å². The van der Waals surface area contributed by atoms with Gasteiger partial charge in [-0.05, 0) is 63.4 Å². The third-order valence-electron chi connectivity index (χ3n) is 4.33.